The third-order valence-electron chi connectivity index (χ3n) is 5.32. The molecule has 1 aliphatic rings. The number of carbonyl (C=O) groups excluding carboxylic acids is 1. The minimum Gasteiger partial charge on any atom is -0.492 e. The second kappa shape index (κ2) is 11.4. The smallest absolute Gasteiger partial charge is 0.227 e. The Bertz CT molecular complexity index is 972. The van der Waals surface area contributed by atoms with Crippen LogP contribution >= 0.6 is 0 Å². The van der Waals surface area contributed by atoms with Crippen LogP contribution in [0.5, 0.6) is 5.75 Å². The van der Waals surface area contributed by atoms with Gasteiger partial charge < -0.3 is 14.8 Å². The Hall–Kier alpha value is -3.29. The summed E-state index contributed by atoms with van der Waals surface area (Å²) in [5, 5.41) is 2.90. The van der Waals surface area contributed by atoms with Crippen molar-refractivity contribution < 1.29 is 14.3 Å². The fourth-order valence-corrected chi connectivity index (χ4v) is 3.46. The average molecular weight is 433 g/mol. The molecular formula is C25H28N4O3. The van der Waals surface area contributed by atoms with E-state index in [9.17, 15) is 4.79 Å². The predicted octanol–water partition coefficient (Wildman–Crippen LogP) is 2.71. The van der Waals surface area contributed by atoms with Crippen molar-refractivity contribution >= 4 is 5.91 Å². The van der Waals surface area contributed by atoms with E-state index in [-0.39, 0.29) is 12.3 Å². The highest BCUT2D eigenvalue weighted by Gasteiger charge is 2.10. The van der Waals surface area contributed by atoms with Gasteiger partial charge in [-0.05, 0) is 23.3 Å². The van der Waals surface area contributed by atoms with Crippen LogP contribution in [0.25, 0.3) is 11.1 Å². The molecule has 0 spiro atoms. The molecule has 2 aromatic carbocycles. The maximum atomic E-state index is 12.2. The molecule has 7 nitrogen and oxygen atoms in total. The normalized spacial score (nSPS) is 14.1. The summed E-state index contributed by atoms with van der Waals surface area (Å²) in [7, 11) is 0. The molecule has 0 aliphatic carbocycles. The highest BCUT2D eigenvalue weighted by molar-refractivity contribution is 5.77. The third kappa shape index (κ3) is 6.60. The molecule has 1 N–H and O–H groups in total. The van der Waals surface area contributed by atoms with Crippen molar-refractivity contribution in [2.24, 2.45) is 0 Å². The maximum absolute atomic E-state index is 12.2. The predicted molar refractivity (Wildman–Crippen MR) is 122 cm³/mol. The monoisotopic (exact) mass is 432 g/mol. The zero-order valence-corrected chi connectivity index (χ0v) is 18.1. The van der Waals surface area contributed by atoms with E-state index < -0.39 is 0 Å². The van der Waals surface area contributed by atoms with Crippen LogP contribution in [0.4, 0.5) is 0 Å². The summed E-state index contributed by atoms with van der Waals surface area (Å²) in [5.74, 6) is 1.25. The summed E-state index contributed by atoms with van der Waals surface area (Å²) in [4.78, 5) is 23.2. The van der Waals surface area contributed by atoms with Crippen molar-refractivity contribution in [3.8, 4) is 16.9 Å². The second-order valence-corrected chi connectivity index (χ2v) is 7.65. The summed E-state index contributed by atoms with van der Waals surface area (Å²) < 4.78 is 11.2. The van der Waals surface area contributed by atoms with Gasteiger partial charge in [0.15, 0.2) is 0 Å². The van der Waals surface area contributed by atoms with Gasteiger partial charge in [0.05, 0.1) is 19.6 Å². The Morgan fingerprint density at radius 3 is 2.41 bits per heavy atom. The van der Waals surface area contributed by atoms with Gasteiger partial charge in [-0.15, -0.1) is 0 Å². The van der Waals surface area contributed by atoms with Crippen molar-refractivity contribution in [2.45, 2.75) is 13.0 Å². The molecule has 32 heavy (non-hydrogen) atoms. The molecule has 2 heterocycles. The van der Waals surface area contributed by atoms with Crippen molar-refractivity contribution in [1.82, 2.24) is 20.2 Å². The number of hydrogen-bond acceptors (Lipinski definition) is 6. The van der Waals surface area contributed by atoms with Crippen LogP contribution in [0.1, 0.15) is 11.4 Å². The summed E-state index contributed by atoms with van der Waals surface area (Å²) in [6.45, 7) is 5.59. The van der Waals surface area contributed by atoms with Gasteiger partial charge in [-0.1, -0.05) is 42.5 Å². The van der Waals surface area contributed by atoms with Gasteiger partial charge in [0.2, 0.25) is 5.91 Å². The van der Waals surface area contributed by atoms with Gasteiger partial charge in [0, 0.05) is 44.1 Å². The highest BCUT2D eigenvalue weighted by Crippen LogP contribution is 2.21. The lowest BCUT2D eigenvalue weighted by Crippen LogP contribution is -2.38. The molecule has 1 aliphatic heterocycles. The number of nitrogens with zero attached hydrogens (tertiary/aromatic N) is 3. The SMILES string of the molecule is O=C(Cc1ncc(-c2ccc(OCCN3CCOCC3)cc2)cn1)NCc1ccccc1. The van der Waals surface area contributed by atoms with E-state index in [1.807, 2.05) is 54.6 Å². The fourth-order valence-electron chi connectivity index (χ4n) is 3.46. The van der Waals surface area contributed by atoms with Gasteiger partial charge in [-0.25, -0.2) is 9.97 Å². The molecule has 0 atom stereocenters. The third-order valence-corrected chi connectivity index (χ3v) is 5.32. The number of ether oxygens (including phenoxy) is 2. The van der Waals surface area contributed by atoms with Crippen LogP contribution in [0, 0.1) is 0 Å². The fraction of sp³-hybridized carbons (Fsp3) is 0.320. The standard InChI is InChI=1S/C25H28N4O3/c30-25(28-17-20-4-2-1-3-5-20)16-24-26-18-22(19-27-24)21-6-8-23(9-7-21)32-15-12-29-10-13-31-14-11-29/h1-9,18-19H,10-17H2,(H,28,30). The van der Waals surface area contributed by atoms with Crippen LogP contribution in [0.15, 0.2) is 67.0 Å². The molecule has 1 aromatic heterocycles. The topological polar surface area (TPSA) is 76.6 Å². The lowest BCUT2D eigenvalue weighted by molar-refractivity contribution is -0.120. The van der Waals surface area contributed by atoms with E-state index in [0.29, 0.717) is 19.0 Å². The number of benzene rings is 2. The van der Waals surface area contributed by atoms with Gasteiger partial charge in [-0.2, -0.15) is 0 Å². The first-order chi connectivity index (χ1) is 15.8. The number of rotatable bonds is 9. The Morgan fingerprint density at radius 2 is 1.69 bits per heavy atom. The minimum absolute atomic E-state index is 0.0971. The van der Waals surface area contributed by atoms with Gasteiger partial charge in [0.25, 0.3) is 0 Å². The van der Waals surface area contributed by atoms with Crippen molar-refractivity contribution in [3.05, 3.63) is 78.4 Å². The Kier molecular flexibility index (Phi) is 7.79. The van der Waals surface area contributed by atoms with Crippen molar-refractivity contribution in [2.75, 3.05) is 39.5 Å². The zero-order chi connectivity index (χ0) is 22.0. The summed E-state index contributed by atoms with van der Waals surface area (Å²) in [6, 6.07) is 17.7. The van der Waals surface area contributed by atoms with Crippen LogP contribution in [-0.4, -0.2) is 60.2 Å². The van der Waals surface area contributed by atoms with E-state index in [1.54, 1.807) is 12.4 Å². The van der Waals surface area contributed by atoms with Crippen molar-refractivity contribution in [3.63, 3.8) is 0 Å². The molecular weight excluding hydrogens is 404 g/mol. The number of nitrogens with one attached hydrogen (secondary N) is 1. The first-order valence-electron chi connectivity index (χ1n) is 10.9. The van der Waals surface area contributed by atoms with E-state index in [4.69, 9.17) is 9.47 Å². The van der Waals surface area contributed by atoms with E-state index in [2.05, 4.69) is 20.2 Å². The average Bonchev–Trinajstić information content (AvgIpc) is 2.85. The molecule has 3 aromatic rings. The van der Waals surface area contributed by atoms with Crippen molar-refractivity contribution in [1.29, 1.82) is 0 Å². The van der Waals surface area contributed by atoms with Crippen LogP contribution in [0.3, 0.4) is 0 Å². The quantitative estimate of drug-likeness (QED) is 0.560. The maximum Gasteiger partial charge on any atom is 0.227 e. The molecule has 4 rings (SSSR count). The largest absolute Gasteiger partial charge is 0.492 e. The molecule has 0 unspecified atom stereocenters. The van der Waals surface area contributed by atoms with E-state index in [0.717, 1.165) is 55.3 Å². The molecule has 1 fully saturated rings. The molecule has 7 heteroatoms. The number of aromatic nitrogens is 2. The number of hydrogen-bond donors (Lipinski definition) is 1. The zero-order valence-electron chi connectivity index (χ0n) is 18.1. The first-order valence-corrected chi connectivity index (χ1v) is 10.9. The molecule has 1 amide bonds. The van der Waals surface area contributed by atoms with Gasteiger partial charge in [-0.3, -0.25) is 9.69 Å². The van der Waals surface area contributed by atoms with Gasteiger partial charge in [0.1, 0.15) is 18.2 Å². The molecule has 0 radical (unpaired) electrons. The summed E-state index contributed by atoms with van der Waals surface area (Å²) in [6.07, 6.45) is 3.66. The van der Waals surface area contributed by atoms with Gasteiger partial charge >= 0.3 is 0 Å². The van der Waals surface area contributed by atoms with Crippen LogP contribution < -0.4 is 10.1 Å². The van der Waals surface area contributed by atoms with Crippen LogP contribution in [-0.2, 0) is 22.5 Å². The number of amides is 1. The summed E-state index contributed by atoms with van der Waals surface area (Å²) in [5.41, 5.74) is 2.97. The summed E-state index contributed by atoms with van der Waals surface area (Å²) >= 11 is 0. The first kappa shape index (κ1) is 21.9. The Labute approximate surface area is 188 Å². The van der Waals surface area contributed by atoms with E-state index >= 15 is 0 Å². The van der Waals surface area contributed by atoms with Crippen LogP contribution in [0.2, 0.25) is 0 Å². The number of morpholine rings is 1. The Morgan fingerprint density at radius 1 is 0.969 bits per heavy atom. The highest BCUT2D eigenvalue weighted by atomic mass is 16.5. The Balaban J connectivity index is 1.23. The number of carbonyl (C=O) groups is 1. The lowest BCUT2D eigenvalue weighted by Gasteiger charge is -2.26. The molecule has 1 saturated heterocycles. The van der Waals surface area contributed by atoms with E-state index in [1.165, 1.54) is 0 Å². The molecule has 0 saturated carbocycles. The lowest BCUT2D eigenvalue weighted by atomic mass is 10.1. The second-order valence-electron chi connectivity index (χ2n) is 7.65. The minimum atomic E-state index is -0.0971. The molecule has 0 bridgehead atoms. The molecule has 166 valence electrons.